The summed E-state index contributed by atoms with van der Waals surface area (Å²) in [5.74, 6) is 0. The van der Waals surface area contributed by atoms with Gasteiger partial charge in [0.25, 0.3) is 0 Å². The normalized spacial score (nSPS) is 13.1. The predicted molar refractivity (Wildman–Crippen MR) is 58.1 cm³/mol. The second-order valence-corrected chi connectivity index (χ2v) is 3.54. The number of aliphatic hydroxyl groups is 1. The molecule has 0 bridgehead atoms. The Bertz CT molecular complexity index is 258. The van der Waals surface area contributed by atoms with Crippen LogP contribution in [0.4, 0.5) is 0 Å². The summed E-state index contributed by atoms with van der Waals surface area (Å²) in [5, 5.41) is 12.5. The van der Waals surface area contributed by atoms with E-state index in [9.17, 15) is 5.11 Å². The van der Waals surface area contributed by atoms with Gasteiger partial charge in [0.05, 0.1) is 6.10 Å². The van der Waals surface area contributed by atoms with Crippen molar-refractivity contribution >= 4 is 0 Å². The third kappa shape index (κ3) is 3.52. The van der Waals surface area contributed by atoms with E-state index < -0.39 is 0 Å². The molecular weight excluding hydrogens is 176 g/mol. The van der Waals surface area contributed by atoms with Crippen LogP contribution in [0.5, 0.6) is 0 Å². The SMILES string of the molecule is CCC(O)CNCc1ccn(CC)c1. The van der Waals surface area contributed by atoms with E-state index in [2.05, 4.69) is 35.3 Å². The Hall–Kier alpha value is -0.800. The highest BCUT2D eigenvalue weighted by Crippen LogP contribution is 2.00. The van der Waals surface area contributed by atoms with E-state index in [4.69, 9.17) is 0 Å². The molecule has 0 aliphatic rings. The van der Waals surface area contributed by atoms with Crippen LogP contribution in [0.1, 0.15) is 25.8 Å². The fraction of sp³-hybridized carbons (Fsp3) is 0.636. The molecule has 2 N–H and O–H groups in total. The average molecular weight is 196 g/mol. The standard InChI is InChI=1S/C11H20N2O/c1-3-11(14)8-12-7-10-5-6-13(4-2)9-10/h5-6,9,11-12,14H,3-4,7-8H2,1-2H3. The minimum atomic E-state index is -0.219. The van der Waals surface area contributed by atoms with E-state index in [0.717, 1.165) is 19.5 Å². The van der Waals surface area contributed by atoms with E-state index in [1.54, 1.807) is 0 Å². The molecule has 14 heavy (non-hydrogen) atoms. The molecule has 0 aliphatic carbocycles. The van der Waals surface area contributed by atoms with Crippen LogP contribution in [0.15, 0.2) is 18.5 Å². The van der Waals surface area contributed by atoms with E-state index in [-0.39, 0.29) is 6.10 Å². The Balaban J connectivity index is 2.24. The van der Waals surface area contributed by atoms with Crippen LogP contribution in [0.25, 0.3) is 0 Å². The Morgan fingerprint density at radius 1 is 1.50 bits per heavy atom. The smallest absolute Gasteiger partial charge is 0.0662 e. The molecule has 1 heterocycles. The molecule has 1 unspecified atom stereocenters. The van der Waals surface area contributed by atoms with E-state index in [1.807, 2.05) is 6.92 Å². The second-order valence-electron chi connectivity index (χ2n) is 3.54. The number of aromatic nitrogens is 1. The van der Waals surface area contributed by atoms with Crippen molar-refractivity contribution < 1.29 is 5.11 Å². The van der Waals surface area contributed by atoms with Crippen LogP contribution < -0.4 is 5.32 Å². The highest BCUT2D eigenvalue weighted by molar-refractivity contribution is 5.09. The average Bonchev–Trinajstić information content (AvgIpc) is 2.65. The molecular formula is C11H20N2O. The molecule has 1 atom stereocenters. The zero-order valence-corrected chi connectivity index (χ0v) is 9.03. The molecule has 0 aromatic carbocycles. The number of rotatable bonds is 6. The molecule has 0 radical (unpaired) electrons. The first-order valence-corrected chi connectivity index (χ1v) is 5.29. The van der Waals surface area contributed by atoms with Gasteiger partial charge in [-0.25, -0.2) is 0 Å². The lowest BCUT2D eigenvalue weighted by molar-refractivity contribution is 0.167. The van der Waals surface area contributed by atoms with Crippen molar-refractivity contribution in [1.29, 1.82) is 0 Å². The van der Waals surface area contributed by atoms with Crippen molar-refractivity contribution in [2.45, 2.75) is 39.5 Å². The molecule has 0 fully saturated rings. The molecule has 0 aliphatic heterocycles. The Kier molecular flexibility index (Phi) is 4.70. The summed E-state index contributed by atoms with van der Waals surface area (Å²) in [6.45, 7) is 6.63. The monoisotopic (exact) mass is 196 g/mol. The highest BCUT2D eigenvalue weighted by Gasteiger charge is 2.00. The maximum absolute atomic E-state index is 9.32. The number of nitrogens with zero attached hydrogens (tertiary/aromatic N) is 1. The van der Waals surface area contributed by atoms with Gasteiger partial charge >= 0.3 is 0 Å². The summed E-state index contributed by atoms with van der Waals surface area (Å²) in [6.07, 6.45) is 4.80. The van der Waals surface area contributed by atoms with Gasteiger partial charge in [-0.3, -0.25) is 0 Å². The largest absolute Gasteiger partial charge is 0.392 e. The number of aryl methyl sites for hydroxylation is 1. The topological polar surface area (TPSA) is 37.2 Å². The van der Waals surface area contributed by atoms with Crippen molar-refractivity contribution in [2.75, 3.05) is 6.54 Å². The third-order valence-electron chi connectivity index (χ3n) is 2.36. The molecule has 1 rings (SSSR count). The summed E-state index contributed by atoms with van der Waals surface area (Å²) in [4.78, 5) is 0. The lowest BCUT2D eigenvalue weighted by atomic mass is 10.2. The Morgan fingerprint density at radius 3 is 2.86 bits per heavy atom. The van der Waals surface area contributed by atoms with E-state index in [0.29, 0.717) is 6.54 Å². The lowest BCUT2D eigenvalue weighted by Crippen LogP contribution is -2.25. The first kappa shape index (κ1) is 11.3. The van der Waals surface area contributed by atoms with Gasteiger partial charge in [0, 0.05) is 32.0 Å². The third-order valence-corrected chi connectivity index (χ3v) is 2.36. The molecule has 3 heteroatoms. The quantitative estimate of drug-likeness (QED) is 0.721. The zero-order chi connectivity index (χ0) is 10.4. The maximum Gasteiger partial charge on any atom is 0.0662 e. The fourth-order valence-electron chi connectivity index (χ4n) is 1.32. The maximum atomic E-state index is 9.32. The molecule has 0 saturated carbocycles. The van der Waals surface area contributed by atoms with Gasteiger partial charge in [-0.1, -0.05) is 6.92 Å². The van der Waals surface area contributed by atoms with Crippen molar-refractivity contribution in [3.8, 4) is 0 Å². The number of hydrogen-bond acceptors (Lipinski definition) is 2. The molecule has 1 aromatic heterocycles. The van der Waals surface area contributed by atoms with Crippen LogP contribution in [0.2, 0.25) is 0 Å². The Morgan fingerprint density at radius 2 is 2.29 bits per heavy atom. The first-order valence-electron chi connectivity index (χ1n) is 5.29. The van der Waals surface area contributed by atoms with Gasteiger partial charge in [0.2, 0.25) is 0 Å². The van der Waals surface area contributed by atoms with Gasteiger partial charge in [0.15, 0.2) is 0 Å². The molecule has 0 saturated heterocycles. The number of aliphatic hydroxyl groups excluding tert-OH is 1. The van der Waals surface area contributed by atoms with Crippen molar-refractivity contribution in [2.24, 2.45) is 0 Å². The molecule has 3 nitrogen and oxygen atoms in total. The van der Waals surface area contributed by atoms with Crippen molar-refractivity contribution in [3.63, 3.8) is 0 Å². The number of nitrogens with one attached hydrogen (secondary N) is 1. The predicted octanol–water partition coefficient (Wildman–Crippen LogP) is 1.37. The Labute approximate surface area is 85.7 Å². The first-order chi connectivity index (χ1) is 6.76. The molecule has 1 aromatic rings. The van der Waals surface area contributed by atoms with Crippen molar-refractivity contribution in [3.05, 3.63) is 24.0 Å². The van der Waals surface area contributed by atoms with Gasteiger partial charge in [-0.15, -0.1) is 0 Å². The van der Waals surface area contributed by atoms with Gasteiger partial charge in [0.1, 0.15) is 0 Å². The summed E-state index contributed by atoms with van der Waals surface area (Å²) < 4.78 is 2.15. The summed E-state index contributed by atoms with van der Waals surface area (Å²) in [5.41, 5.74) is 1.27. The van der Waals surface area contributed by atoms with Gasteiger partial charge in [-0.2, -0.15) is 0 Å². The summed E-state index contributed by atoms with van der Waals surface area (Å²) >= 11 is 0. The molecule has 0 spiro atoms. The van der Waals surface area contributed by atoms with E-state index >= 15 is 0 Å². The van der Waals surface area contributed by atoms with Gasteiger partial charge < -0.3 is 15.0 Å². The van der Waals surface area contributed by atoms with Crippen LogP contribution in [0.3, 0.4) is 0 Å². The van der Waals surface area contributed by atoms with E-state index in [1.165, 1.54) is 5.56 Å². The molecule has 80 valence electrons. The van der Waals surface area contributed by atoms with Crippen LogP contribution in [-0.4, -0.2) is 22.3 Å². The molecule has 0 amide bonds. The minimum Gasteiger partial charge on any atom is -0.392 e. The second kappa shape index (κ2) is 5.83. The summed E-state index contributed by atoms with van der Waals surface area (Å²) in [6, 6.07) is 2.11. The van der Waals surface area contributed by atoms with Crippen LogP contribution >= 0.6 is 0 Å². The number of hydrogen-bond donors (Lipinski definition) is 2. The van der Waals surface area contributed by atoms with Crippen LogP contribution in [0, 0.1) is 0 Å². The van der Waals surface area contributed by atoms with Gasteiger partial charge in [-0.05, 0) is 25.0 Å². The zero-order valence-electron chi connectivity index (χ0n) is 9.03. The lowest BCUT2D eigenvalue weighted by Gasteiger charge is -2.08. The fourth-order valence-corrected chi connectivity index (χ4v) is 1.32. The van der Waals surface area contributed by atoms with Crippen LogP contribution in [-0.2, 0) is 13.1 Å². The summed E-state index contributed by atoms with van der Waals surface area (Å²) in [7, 11) is 0. The highest BCUT2D eigenvalue weighted by atomic mass is 16.3. The minimum absolute atomic E-state index is 0.219. The van der Waals surface area contributed by atoms with Crippen molar-refractivity contribution in [1.82, 2.24) is 9.88 Å².